The summed E-state index contributed by atoms with van der Waals surface area (Å²) in [6.45, 7) is 2.79. The van der Waals surface area contributed by atoms with Crippen LogP contribution in [0.1, 0.15) is 31.4 Å². The van der Waals surface area contributed by atoms with E-state index in [1.165, 1.54) is 25.7 Å². The van der Waals surface area contributed by atoms with Crippen molar-refractivity contribution in [2.24, 2.45) is 5.73 Å². The summed E-state index contributed by atoms with van der Waals surface area (Å²) in [6, 6.07) is 0. The minimum atomic E-state index is 0.542. The first-order chi connectivity index (χ1) is 6.90. The lowest BCUT2D eigenvalue weighted by Crippen LogP contribution is -2.25. The summed E-state index contributed by atoms with van der Waals surface area (Å²) in [5, 5.41) is 0. The van der Waals surface area contributed by atoms with Crippen LogP contribution >= 0.6 is 0 Å². The first kappa shape index (κ1) is 9.52. The second kappa shape index (κ2) is 4.46. The standard InChI is InChI=1S/C10H18N4/c11-7-9-8-12-10(13-9)14-5-3-1-2-4-6-14/h8H,1-7,11H2,(H,12,13). The highest BCUT2D eigenvalue weighted by molar-refractivity contribution is 5.31. The quantitative estimate of drug-likeness (QED) is 0.745. The molecular weight excluding hydrogens is 176 g/mol. The lowest BCUT2D eigenvalue weighted by molar-refractivity contribution is 0.726. The third-order valence-electron chi connectivity index (χ3n) is 2.74. The molecule has 0 amide bonds. The molecule has 4 heteroatoms. The third kappa shape index (κ3) is 2.07. The Bertz CT molecular complexity index is 273. The molecule has 0 aliphatic carbocycles. The molecule has 2 heterocycles. The van der Waals surface area contributed by atoms with Gasteiger partial charge in [-0.1, -0.05) is 12.8 Å². The second-order valence-corrected chi connectivity index (χ2v) is 3.84. The highest BCUT2D eigenvalue weighted by Crippen LogP contribution is 2.15. The van der Waals surface area contributed by atoms with Gasteiger partial charge < -0.3 is 15.6 Å². The minimum absolute atomic E-state index is 0.542. The summed E-state index contributed by atoms with van der Waals surface area (Å²) in [5.41, 5.74) is 6.55. The average Bonchev–Trinajstić information content (AvgIpc) is 2.53. The van der Waals surface area contributed by atoms with Gasteiger partial charge in [-0.15, -0.1) is 0 Å². The number of aromatic amines is 1. The van der Waals surface area contributed by atoms with Crippen molar-refractivity contribution in [3.8, 4) is 0 Å². The summed E-state index contributed by atoms with van der Waals surface area (Å²) in [6.07, 6.45) is 7.08. The molecule has 1 saturated heterocycles. The average molecular weight is 194 g/mol. The van der Waals surface area contributed by atoms with Crippen molar-refractivity contribution in [1.29, 1.82) is 0 Å². The van der Waals surface area contributed by atoms with E-state index in [-0.39, 0.29) is 0 Å². The van der Waals surface area contributed by atoms with Crippen LogP contribution in [0.15, 0.2) is 6.20 Å². The fourth-order valence-electron chi connectivity index (χ4n) is 1.89. The number of nitrogens with zero attached hydrogens (tertiary/aromatic N) is 2. The molecule has 1 aromatic heterocycles. The molecule has 0 atom stereocenters. The zero-order valence-corrected chi connectivity index (χ0v) is 8.50. The lowest BCUT2D eigenvalue weighted by Gasteiger charge is -2.18. The van der Waals surface area contributed by atoms with Gasteiger partial charge in [0.2, 0.25) is 5.95 Å². The molecule has 0 spiro atoms. The van der Waals surface area contributed by atoms with Crippen molar-refractivity contribution in [3.63, 3.8) is 0 Å². The number of nitrogens with two attached hydrogens (primary N) is 1. The van der Waals surface area contributed by atoms with Gasteiger partial charge in [0.05, 0.1) is 6.20 Å². The first-order valence-electron chi connectivity index (χ1n) is 5.39. The smallest absolute Gasteiger partial charge is 0.202 e. The molecule has 4 nitrogen and oxygen atoms in total. The monoisotopic (exact) mass is 194 g/mol. The van der Waals surface area contributed by atoms with E-state index in [0.717, 1.165) is 24.7 Å². The number of hydrogen-bond donors (Lipinski definition) is 2. The maximum Gasteiger partial charge on any atom is 0.202 e. The molecule has 3 N–H and O–H groups in total. The van der Waals surface area contributed by atoms with Gasteiger partial charge in [0.1, 0.15) is 0 Å². The molecule has 0 radical (unpaired) electrons. The molecule has 0 aromatic carbocycles. The number of nitrogens with one attached hydrogen (secondary N) is 1. The Morgan fingerprint density at radius 3 is 2.57 bits per heavy atom. The van der Waals surface area contributed by atoms with E-state index in [1.54, 1.807) is 0 Å². The Morgan fingerprint density at radius 2 is 2.00 bits per heavy atom. The van der Waals surface area contributed by atoms with Gasteiger partial charge in [-0.3, -0.25) is 0 Å². The van der Waals surface area contributed by atoms with Crippen molar-refractivity contribution < 1.29 is 0 Å². The fraction of sp³-hybridized carbons (Fsp3) is 0.700. The minimum Gasteiger partial charge on any atom is -0.342 e. The van der Waals surface area contributed by atoms with Crippen LogP contribution in [0.2, 0.25) is 0 Å². The second-order valence-electron chi connectivity index (χ2n) is 3.84. The number of hydrogen-bond acceptors (Lipinski definition) is 3. The largest absolute Gasteiger partial charge is 0.342 e. The van der Waals surface area contributed by atoms with E-state index in [4.69, 9.17) is 5.73 Å². The van der Waals surface area contributed by atoms with Crippen molar-refractivity contribution in [2.45, 2.75) is 32.2 Å². The van der Waals surface area contributed by atoms with Crippen molar-refractivity contribution in [1.82, 2.24) is 9.97 Å². The van der Waals surface area contributed by atoms with Gasteiger partial charge in [0, 0.05) is 25.3 Å². The molecule has 78 valence electrons. The van der Waals surface area contributed by atoms with E-state index < -0.39 is 0 Å². The van der Waals surface area contributed by atoms with Crippen LogP contribution in [0, 0.1) is 0 Å². The molecule has 0 saturated carbocycles. The van der Waals surface area contributed by atoms with Crippen LogP contribution in [-0.4, -0.2) is 23.1 Å². The third-order valence-corrected chi connectivity index (χ3v) is 2.74. The normalized spacial score (nSPS) is 18.2. The van der Waals surface area contributed by atoms with Crippen LogP contribution < -0.4 is 10.6 Å². The van der Waals surface area contributed by atoms with Gasteiger partial charge in [0.15, 0.2) is 0 Å². The summed E-state index contributed by atoms with van der Waals surface area (Å²) < 4.78 is 0. The molecule has 14 heavy (non-hydrogen) atoms. The summed E-state index contributed by atoms with van der Waals surface area (Å²) >= 11 is 0. The Kier molecular flexibility index (Phi) is 3.03. The zero-order valence-electron chi connectivity index (χ0n) is 8.50. The van der Waals surface area contributed by atoms with Gasteiger partial charge in [-0.25, -0.2) is 4.98 Å². The molecule has 1 aromatic rings. The Morgan fingerprint density at radius 1 is 1.29 bits per heavy atom. The fourth-order valence-corrected chi connectivity index (χ4v) is 1.89. The predicted octanol–water partition coefficient (Wildman–Crippen LogP) is 1.25. The van der Waals surface area contributed by atoms with Crippen LogP contribution in [0.5, 0.6) is 0 Å². The molecule has 1 fully saturated rings. The molecule has 0 bridgehead atoms. The van der Waals surface area contributed by atoms with Gasteiger partial charge in [-0.2, -0.15) is 0 Å². The number of H-pyrrole nitrogens is 1. The van der Waals surface area contributed by atoms with E-state index >= 15 is 0 Å². The molecule has 0 unspecified atom stereocenters. The Balaban J connectivity index is 2.04. The number of aromatic nitrogens is 2. The zero-order chi connectivity index (χ0) is 9.80. The van der Waals surface area contributed by atoms with Crippen molar-refractivity contribution in [2.75, 3.05) is 18.0 Å². The van der Waals surface area contributed by atoms with Crippen LogP contribution in [0.25, 0.3) is 0 Å². The van der Waals surface area contributed by atoms with E-state index in [2.05, 4.69) is 14.9 Å². The SMILES string of the molecule is NCc1cnc(N2CCCCCC2)[nH]1. The summed E-state index contributed by atoms with van der Waals surface area (Å²) in [4.78, 5) is 9.92. The van der Waals surface area contributed by atoms with Gasteiger partial charge in [0.25, 0.3) is 0 Å². The topological polar surface area (TPSA) is 57.9 Å². The summed E-state index contributed by atoms with van der Waals surface area (Å²) in [5.74, 6) is 0.993. The van der Waals surface area contributed by atoms with E-state index in [9.17, 15) is 0 Å². The molecule has 1 aliphatic rings. The van der Waals surface area contributed by atoms with E-state index in [0.29, 0.717) is 6.54 Å². The maximum absolute atomic E-state index is 5.53. The Hall–Kier alpha value is -1.03. The van der Waals surface area contributed by atoms with E-state index in [1.807, 2.05) is 6.20 Å². The molecular formula is C10H18N4. The maximum atomic E-state index is 5.53. The predicted molar refractivity (Wildman–Crippen MR) is 57.2 cm³/mol. The van der Waals surface area contributed by atoms with Gasteiger partial charge >= 0.3 is 0 Å². The van der Waals surface area contributed by atoms with Crippen LogP contribution in [0.3, 0.4) is 0 Å². The number of anilines is 1. The highest BCUT2D eigenvalue weighted by atomic mass is 15.3. The van der Waals surface area contributed by atoms with Crippen LogP contribution in [-0.2, 0) is 6.54 Å². The highest BCUT2D eigenvalue weighted by Gasteiger charge is 2.12. The number of imidazole rings is 1. The number of rotatable bonds is 2. The van der Waals surface area contributed by atoms with Crippen molar-refractivity contribution >= 4 is 5.95 Å². The first-order valence-corrected chi connectivity index (χ1v) is 5.39. The van der Waals surface area contributed by atoms with Crippen LogP contribution in [0.4, 0.5) is 5.95 Å². The lowest BCUT2D eigenvalue weighted by atomic mass is 10.2. The van der Waals surface area contributed by atoms with Gasteiger partial charge in [-0.05, 0) is 12.8 Å². The molecule has 1 aliphatic heterocycles. The van der Waals surface area contributed by atoms with Crippen molar-refractivity contribution in [3.05, 3.63) is 11.9 Å². The summed E-state index contributed by atoms with van der Waals surface area (Å²) in [7, 11) is 0. The molecule has 2 rings (SSSR count). The Labute approximate surface area is 84.5 Å².